The zero-order valence-corrected chi connectivity index (χ0v) is 17.1. The van der Waals surface area contributed by atoms with Gasteiger partial charge < -0.3 is 4.90 Å². The minimum absolute atomic E-state index is 0.0355. The van der Waals surface area contributed by atoms with Crippen molar-refractivity contribution in [2.45, 2.75) is 17.6 Å². The summed E-state index contributed by atoms with van der Waals surface area (Å²) in [4.78, 5) is 32.4. The molecule has 1 amide bonds. The van der Waals surface area contributed by atoms with Crippen LogP contribution in [0.4, 0.5) is 5.69 Å². The van der Waals surface area contributed by atoms with Crippen molar-refractivity contribution in [3.05, 3.63) is 77.2 Å². The van der Waals surface area contributed by atoms with Crippen LogP contribution < -0.4 is 10.5 Å². The topological polar surface area (TPSA) is 73.0 Å². The van der Waals surface area contributed by atoms with Gasteiger partial charge in [0.05, 0.1) is 17.9 Å². The second-order valence-electron chi connectivity index (χ2n) is 7.16. The van der Waals surface area contributed by atoms with Crippen molar-refractivity contribution in [1.29, 1.82) is 0 Å². The van der Waals surface area contributed by atoms with Gasteiger partial charge in [-0.2, -0.15) is 5.10 Å². The second kappa shape index (κ2) is 7.46. The van der Waals surface area contributed by atoms with Crippen molar-refractivity contribution < 1.29 is 4.79 Å². The van der Waals surface area contributed by atoms with Gasteiger partial charge in [0.1, 0.15) is 5.39 Å². The van der Waals surface area contributed by atoms with Crippen LogP contribution in [0.1, 0.15) is 12.5 Å². The first kappa shape index (κ1) is 18.6. The molecule has 0 N–H and O–H groups in total. The minimum Gasteiger partial charge on any atom is -0.315 e. The van der Waals surface area contributed by atoms with E-state index in [0.29, 0.717) is 21.9 Å². The fraction of sp³-hybridized carbons (Fsp3) is 0.182. The Balaban J connectivity index is 1.48. The third kappa shape index (κ3) is 3.09. The Morgan fingerprint density at radius 3 is 2.57 bits per heavy atom. The normalized spacial score (nSPS) is 15.3. The van der Waals surface area contributed by atoms with Gasteiger partial charge >= 0.3 is 0 Å². The van der Waals surface area contributed by atoms with Crippen LogP contribution in [-0.4, -0.2) is 38.0 Å². The molecule has 1 aliphatic heterocycles. The molecule has 150 valence electrons. The Bertz CT molecular complexity index is 1280. The summed E-state index contributed by atoms with van der Waals surface area (Å²) in [5.74, 6) is 0.605. The fourth-order valence-electron chi connectivity index (χ4n) is 3.67. The molecule has 30 heavy (non-hydrogen) atoms. The summed E-state index contributed by atoms with van der Waals surface area (Å²) >= 11 is 1.50. The zero-order chi connectivity index (χ0) is 20.7. The summed E-state index contributed by atoms with van der Waals surface area (Å²) in [5, 5.41) is 5.46. The average Bonchev–Trinajstić information content (AvgIpc) is 3.39. The molecule has 1 atom stereocenters. The van der Waals surface area contributed by atoms with Crippen LogP contribution in [-0.2, 0) is 4.79 Å². The molecule has 0 bridgehead atoms. The Morgan fingerprint density at radius 2 is 1.83 bits per heavy atom. The van der Waals surface area contributed by atoms with Crippen LogP contribution >= 0.6 is 11.8 Å². The van der Waals surface area contributed by atoms with Gasteiger partial charge in [0.25, 0.3) is 5.56 Å². The number of rotatable bonds is 4. The molecule has 8 heteroatoms. The Labute approximate surface area is 177 Å². The summed E-state index contributed by atoms with van der Waals surface area (Å²) in [6.07, 6.45) is 1.80. The maximum absolute atomic E-state index is 13.2. The maximum atomic E-state index is 13.2. The molecule has 2 aromatic heterocycles. The number of benzene rings is 2. The molecule has 0 radical (unpaired) electrons. The molecule has 0 fully saturated rings. The number of fused-ring (bicyclic) bond motifs is 2. The lowest BCUT2D eigenvalue weighted by Gasteiger charge is -2.20. The van der Waals surface area contributed by atoms with E-state index in [-0.39, 0.29) is 23.9 Å². The van der Waals surface area contributed by atoms with Crippen molar-refractivity contribution in [3.63, 3.8) is 0 Å². The highest BCUT2D eigenvalue weighted by Crippen LogP contribution is 2.34. The molecule has 3 heterocycles. The van der Waals surface area contributed by atoms with Crippen LogP contribution in [0.3, 0.4) is 0 Å². The van der Waals surface area contributed by atoms with Crippen molar-refractivity contribution >= 4 is 34.4 Å². The van der Waals surface area contributed by atoms with Crippen LogP contribution in [0.2, 0.25) is 0 Å². The van der Waals surface area contributed by atoms with E-state index in [1.165, 1.54) is 11.8 Å². The molecule has 0 saturated heterocycles. The van der Waals surface area contributed by atoms with Crippen LogP contribution in [0.25, 0.3) is 16.7 Å². The van der Waals surface area contributed by atoms with Crippen LogP contribution in [0.15, 0.2) is 76.8 Å². The number of hydrogen-bond acceptors (Lipinski definition) is 5. The van der Waals surface area contributed by atoms with Crippen LogP contribution in [0.5, 0.6) is 0 Å². The first-order chi connectivity index (χ1) is 14.6. The average molecular weight is 417 g/mol. The summed E-state index contributed by atoms with van der Waals surface area (Å²) in [6.45, 7) is 0. The molecule has 1 aliphatic rings. The van der Waals surface area contributed by atoms with Gasteiger partial charge in [0, 0.05) is 24.9 Å². The number of para-hydroxylation sites is 2. The number of aromatic nitrogens is 4. The van der Waals surface area contributed by atoms with Gasteiger partial charge in [-0.05, 0) is 24.3 Å². The Kier molecular flexibility index (Phi) is 4.63. The summed E-state index contributed by atoms with van der Waals surface area (Å²) < 4.78 is 3.33. The second-order valence-corrected chi connectivity index (χ2v) is 8.14. The van der Waals surface area contributed by atoms with E-state index in [1.54, 1.807) is 27.4 Å². The van der Waals surface area contributed by atoms with E-state index in [0.717, 1.165) is 11.4 Å². The van der Waals surface area contributed by atoms with Crippen molar-refractivity contribution in [3.8, 4) is 5.69 Å². The van der Waals surface area contributed by atoms with E-state index in [2.05, 4.69) is 5.10 Å². The lowest BCUT2D eigenvalue weighted by molar-refractivity contribution is -0.119. The van der Waals surface area contributed by atoms with E-state index < -0.39 is 0 Å². The number of nitrogens with zero attached hydrogens (tertiary/aromatic N) is 5. The van der Waals surface area contributed by atoms with Gasteiger partial charge in [-0.3, -0.25) is 14.2 Å². The van der Waals surface area contributed by atoms with Gasteiger partial charge in [-0.15, -0.1) is 0 Å². The van der Waals surface area contributed by atoms with Gasteiger partial charge in [-0.1, -0.05) is 48.2 Å². The molecular formula is C22H19N5O2S. The molecule has 0 saturated carbocycles. The summed E-state index contributed by atoms with van der Waals surface area (Å²) in [5.41, 5.74) is 2.07. The smallest absolute Gasteiger partial charge is 0.265 e. The van der Waals surface area contributed by atoms with Gasteiger partial charge in [0.2, 0.25) is 5.91 Å². The lowest BCUT2D eigenvalue weighted by atomic mass is 10.2. The Morgan fingerprint density at radius 1 is 1.13 bits per heavy atom. The van der Waals surface area contributed by atoms with Crippen molar-refractivity contribution in [2.24, 2.45) is 0 Å². The number of amides is 1. The number of anilines is 1. The number of carbonyl (C=O) groups excluding carboxylic acids is 1. The molecule has 1 unspecified atom stereocenters. The molecular weight excluding hydrogens is 398 g/mol. The van der Waals surface area contributed by atoms with Crippen LogP contribution in [0, 0.1) is 0 Å². The van der Waals surface area contributed by atoms with Gasteiger partial charge in [0.15, 0.2) is 10.8 Å². The predicted octanol–water partition coefficient (Wildman–Crippen LogP) is 3.28. The quantitative estimate of drug-likeness (QED) is 0.477. The maximum Gasteiger partial charge on any atom is 0.265 e. The fourth-order valence-corrected chi connectivity index (χ4v) is 4.80. The highest BCUT2D eigenvalue weighted by atomic mass is 32.2. The standard InChI is InChI=1S/C22H19N5O2S/c1-25(15-8-4-2-5-9-15)19(28)12-17-14-30-22-24-20-18(21(29)26(17)22)13-23-27(20)16-10-6-3-7-11-16/h2-11,13,17H,12,14H2,1H3. The number of thioether (sulfide) groups is 1. The summed E-state index contributed by atoms with van der Waals surface area (Å²) in [6, 6.07) is 18.9. The third-order valence-electron chi connectivity index (χ3n) is 5.30. The number of carbonyl (C=O) groups is 1. The van der Waals surface area contributed by atoms with E-state index in [9.17, 15) is 9.59 Å². The van der Waals surface area contributed by atoms with E-state index in [1.807, 2.05) is 60.7 Å². The SMILES string of the molecule is CN(C(=O)CC1CSc2nc3c(cnn3-c3ccccc3)c(=O)n21)c1ccccc1. The van der Waals surface area contributed by atoms with Crippen molar-refractivity contribution in [1.82, 2.24) is 19.3 Å². The zero-order valence-electron chi connectivity index (χ0n) is 16.3. The van der Waals surface area contributed by atoms with Gasteiger partial charge in [-0.25, -0.2) is 9.67 Å². The van der Waals surface area contributed by atoms with Crippen molar-refractivity contribution in [2.75, 3.05) is 17.7 Å². The third-order valence-corrected chi connectivity index (χ3v) is 6.40. The Hall–Kier alpha value is -3.39. The molecule has 7 nitrogen and oxygen atoms in total. The number of hydrogen-bond donors (Lipinski definition) is 0. The molecule has 0 aliphatic carbocycles. The molecule has 0 spiro atoms. The summed E-state index contributed by atoms with van der Waals surface area (Å²) in [7, 11) is 1.76. The van der Waals surface area contributed by atoms with E-state index >= 15 is 0 Å². The molecule has 2 aromatic carbocycles. The highest BCUT2D eigenvalue weighted by molar-refractivity contribution is 7.99. The largest absolute Gasteiger partial charge is 0.315 e. The predicted molar refractivity (Wildman–Crippen MR) is 117 cm³/mol. The first-order valence-corrected chi connectivity index (χ1v) is 10.6. The molecule has 5 rings (SSSR count). The minimum atomic E-state index is -0.229. The highest BCUT2D eigenvalue weighted by Gasteiger charge is 2.30. The lowest BCUT2D eigenvalue weighted by Crippen LogP contribution is -2.32. The monoisotopic (exact) mass is 417 g/mol. The van der Waals surface area contributed by atoms with E-state index in [4.69, 9.17) is 4.98 Å². The molecule has 4 aromatic rings. The first-order valence-electron chi connectivity index (χ1n) is 9.63.